The van der Waals surface area contributed by atoms with Gasteiger partial charge in [-0.05, 0) is 58.0 Å². The van der Waals surface area contributed by atoms with E-state index >= 15 is 0 Å². The fourth-order valence-electron chi connectivity index (χ4n) is 4.13. The number of hydrogen-bond donors (Lipinski definition) is 1. The van der Waals surface area contributed by atoms with Gasteiger partial charge in [-0.1, -0.05) is 6.92 Å². The van der Waals surface area contributed by atoms with Crippen molar-refractivity contribution < 1.29 is 9.47 Å². The van der Waals surface area contributed by atoms with Crippen LogP contribution < -0.4 is 4.74 Å². The Morgan fingerprint density at radius 1 is 1.37 bits per heavy atom. The van der Waals surface area contributed by atoms with Crippen molar-refractivity contribution in [3.05, 3.63) is 35.8 Å². The van der Waals surface area contributed by atoms with E-state index in [1.165, 1.54) is 0 Å². The van der Waals surface area contributed by atoms with Crippen LogP contribution in [0.1, 0.15) is 45.7 Å². The summed E-state index contributed by atoms with van der Waals surface area (Å²) in [7, 11) is 1.77. The maximum atomic E-state index is 6.28. The molecular weight excluding hydrogens is 378 g/mol. The van der Waals surface area contributed by atoms with Crippen LogP contribution in [0.4, 0.5) is 0 Å². The summed E-state index contributed by atoms with van der Waals surface area (Å²) in [4.78, 5) is 11.0. The van der Waals surface area contributed by atoms with Crippen LogP contribution in [0.15, 0.2) is 40.1 Å². The number of allylic oxidation sites excluding steroid dienone is 1. The molecule has 2 heterocycles. The van der Waals surface area contributed by atoms with E-state index in [1.54, 1.807) is 7.05 Å². The summed E-state index contributed by atoms with van der Waals surface area (Å²) in [6, 6.07) is 6.08. The first-order chi connectivity index (χ1) is 14.5. The van der Waals surface area contributed by atoms with E-state index in [0.717, 1.165) is 66.2 Å². The van der Waals surface area contributed by atoms with Crippen molar-refractivity contribution in [2.45, 2.75) is 57.8 Å². The lowest BCUT2D eigenvalue weighted by Gasteiger charge is -2.36. The number of ether oxygens (including phenoxy) is 2. The molecule has 0 amide bonds. The van der Waals surface area contributed by atoms with E-state index in [2.05, 4.69) is 58.6 Å². The molecule has 160 valence electrons. The number of nitrogens with zero attached hydrogens (tertiary/aromatic N) is 4. The normalized spacial score (nSPS) is 24.2. The Bertz CT molecular complexity index is 979. The van der Waals surface area contributed by atoms with Crippen LogP contribution in [0.25, 0.3) is 10.9 Å². The molecule has 1 aromatic carbocycles. The van der Waals surface area contributed by atoms with Crippen LogP contribution in [0.2, 0.25) is 0 Å². The Hall–Kier alpha value is -2.67. The zero-order valence-electron chi connectivity index (χ0n) is 18.3. The number of benzene rings is 1. The zero-order chi connectivity index (χ0) is 21.3. The number of aromatic nitrogens is 2. The van der Waals surface area contributed by atoms with Gasteiger partial charge in [0.05, 0.1) is 23.4 Å². The molecule has 1 aromatic heterocycles. The Kier molecular flexibility index (Phi) is 5.64. The van der Waals surface area contributed by atoms with Crippen molar-refractivity contribution in [1.29, 1.82) is 0 Å². The predicted octanol–water partition coefficient (Wildman–Crippen LogP) is 3.95. The molecule has 1 aliphatic heterocycles. The third kappa shape index (κ3) is 4.12. The lowest BCUT2D eigenvalue weighted by atomic mass is 10.1. The molecule has 30 heavy (non-hydrogen) atoms. The average Bonchev–Trinajstić information content (AvgIpc) is 3.38. The maximum Gasteiger partial charge on any atom is 0.130 e. The molecule has 2 fully saturated rings. The number of aromatic amines is 1. The first-order valence-electron chi connectivity index (χ1n) is 10.7. The first-order valence-corrected chi connectivity index (χ1v) is 10.7. The second kappa shape index (κ2) is 8.22. The van der Waals surface area contributed by atoms with Crippen LogP contribution in [0.3, 0.4) is 0 Å². The highest BCUT2D eigenvalue weighted by Gasteiger charge is 2.43. The van der Waals surface area contributed by atoms with Crippen molar-refractivity contribution in [2.75, 3.05) is 20.1 Å². The molecule has 0 bridgehead atoms. The molecule has 2 aromatic rings. The quantitative estimate of drug-likeness (QED) is 0.703. The van der Waals surface area contributed by atoms with Crippen molar-refractivity contribution in [3.63, 3.8) is 0 Å². The first kappa shape index (κ1) is 20.6. The van der Waals surface area contributed by atoms with Crippen LogP contribution >= 0.6 is 0 Å². The Balaban J connectivity index is 1.65. The monoisotopic (exact) mass is 409 g/mol. The second-order valence-corrected chi connectivity index (χ2v) is 8.35. The summed E-state index contributed by atoms with van der Waals surface area (Å²) in [6.45, 7) is 11.6. The van der Waals surface area contributed by atoms with Gasteiger partial charge in [0.2, 0.25) is 0 Å². The molecule has 4 rings (SSSR count). The molecule has 7 heteroatoms. The van der Waals surface area contributed by atoms with E-state index in [0.29, 0.717) is 0 Å². The van der Waals surface area contributed by atoms with Crippen molar-refractivity contribution in [2.24, 2.45) is 9.98 Å². The summed E-state index contributed by atoms with van der Waals surface area (Å²) in [5.74, 6) is 1.66. The molecule has 1 saturated heterocycles. The van der Waals surface area contributed by atoms with E-state index < -0.39 is 0 Å². The fraction of sp³-hybridized carbons (Fsp3) is 0.522. The van der Waals surface area contributed by atoms with Gasteiger partial charge in [-0.25, -0.2) is 4.99 Å². The van der Waals surface area contributed by atoms with E-state index in [1.807, 2.05) is 18.2 Å². The van der Waals surface area contributed by atoms with Crippen molar-refractivity contribution >= 4 is 23.3 Å². The molecule has 1 N–H and O–H groups in total. The van der Waals surface area contributed by atoms with Gasteiger partial charge in [-0.15, -0.1) is 0 Å². The number of morpholine rings is 1. The smallest absolute Gasteiger partial charge is 0.130 e. The maximum absolute atomic E-state index is 6.28. The van der Waals surface area contributed by atoms with Gasteiger partial charge in [0.1, 0.15) is 22.9 Å². The topological polar surface area (TPSA) is 75.1 Å². The molecule has 2 aliphatic rings. The molecule has 1 aliphatic carbocycles. The molecule has 0 radical (unpaired) electrons. The number of fused-ring (bicyclic) bond motifs is 1. The summed E-state index contributed by atoms with van der Waals surface area (Å²) >= 11 is 0. The van der Waals surface area contributed by atoms with Crippen LogP contribution in [-0.4, -0.2) is 65.5 Å². The highest BCUT2D eigenvalue weighted by molar-refractivity contribution is 6.15. The van der Waals surface area contributed by atoms with E-state index in [4.69, 9.17) is 9.47 Å². The fourth-order valence-corrected chi connectivity index (χ4v) is 4.13. The van der Waals surface area contributed by atoms with Crippen LogP contribution in [0.5, 0.6) is 5.75 Å². The van der Waals surface area contributed by atoms with E-state index in [-0.39, 0.29) is 17.8 Å². The summed E-state index contributed by atoms with van der Waals surface area (Å²) in [6.07, 6.45) is 5.50. The number of H-pyrrole nitrogens is 1. The molecular formula is C23H31N5O2. The predicted molar refractivity (Wildman–Crippen MR) is 121 cm³/mol. The highest BCUT2D eigenvalue weighted by Crippen LogP contribution is 2.43. The zero-order valence-corrected chi connectivity index (χ0v) is 18.3. The highest BCUT2D eigenvalue weighted by atomic mass is 16.5. The Labute approximate surface area is 177 Å². The van der Waals surface area contributed by atoms with E-state index in [9.17, 15) is 0 Å². The minimum absolute atomic E-state index is 0.0167. The van der Waals surface area contributed by atoms with Gasteiger partial charge in [-0.3, -0.25) is 10.1 Å². The van der Waals surface area contributed by atoms with Crippen molar-refractivity contribution in [1.82, 2.24) is 15.1 Å². The van der Waals surface area contributed by atoms with Gasteiger partial charge < -0.3 is 14.4 Å². The average molecular weight is 410 g/mol. The molecule has 7 nitrogen and oxygen atoms in total. The molecule has 0 unspecified atom stereocenters. The number of nitrogens with one attached hydrogen (secondary N) is 1. The molecule has 2 atom stereocenters. The van der Waals surface area contributed by atoms with Gasteiger partial charge in [0.15, 0.2) is 0 Å². The number of aliphatic imine (C=N–C) groups is 2. The van der Waals surface area contributed by atoms with Crippen molar-refractivity contribution in [3.8, 4) is 5.75 Å². The van der Waals surface area contributed by atoms with Gasteiger partial charge in [-0.2, -0.15) is 5.10 Å². The Morgan fingerprint density at radius 3 is 2.70 bits per heavy atom. The van der Waals surface area contributed by atoms with Gasteiger partial charge >= 0.3 is 0 Å². The van der Waals surface area contributed by atoms with Crippen LogP contribution in [0, 0.1) is 0 Å². The van der Waals surface area contributed by atoms with Crippen LogP contribution in [-0.2, 0) is 4.74 Å². The lowest BCUT2D eigenvalue weighted by Crippen LogP contribution is -2.44. The standard InChI is InChI=1S/C23H31N5O2/c1-6-23(9-10-23)30-17-7-8-19-18(11-17)22(27-26-19)20(24-4)12-21(25-5)28-13-15(2)29-16(3)14-28/h7-8,11-12,15-16H,5-6,9-10,13-14H2,1-4H3,(H,26,27)/b21-12+,24-20+/t15-,16+. The lowest BCUT2D eigenvalue weighted by molar-refractivity contribution is -0.0579. The largest absolute Gasteiger partial charge is 0.487 e. The summed E-state index contributed by atoms with van der Waals surface area (Å²) < 4.78 is 12.1. The minimum atomic E-state index is 0.0167. The van der Waals surface area contributed by atoms with Gasteiger partial charge in [0, 0.05) is 31.6 Å². The molecule has 0 spiro atoms. The Morgan fingerprint density at radius 2 is 2.10 bits per heavy atom. The number of rotatable bonds is 7. The van der Waals surface area contributed by atoms with Gasteiger partial charge in [0.25, 0.3) is 0 Å². The SMILES string of the molecule is C=N/C(=C\C(=N/C)c1n[nH]c2ccc(OC3(CC)CC3)cc12)N1C[C@@H](C)O[C@@H](C)C1. The third-order valence-electron chi connectivity index (χ3n) is 5.98. The minimum Gasteiger partial charge on any atom is -0.487 e. The summed E-state index contributed by atoms with van der Waals surface area (Å²) in [5, 5.41) is 8.64. The number of hydrogen-bond acceptors (Lipinski definition) is 6. The summed E-state index contributed by atoms with van der Waals surface area (Å²) in [5.41, 5.74) is 2.51. The molecule has 1 saturated carbocycles. The third-order valence-corrected chi connectivity index (χ3v) is 5.98. The second-order valence-electron chi connectivity index (χ2n) is 8.35.